The quantitative estimate of drug-likeness (QED) is 0.669. The Labute approximate surface area is 59.7 Å². The van der Waals surface area contributed by atoms with E-state index in [9.17, 15) is 0 Å². The molecule has 1 rings (SSSR count). The Kier molecular flexibility index (Phi) is 2.06. The minimum atomic E-state index is -0.110. The summed E-state index contributed by atoms with van der Waals surface area (Å²) in [5.74, 6) is 1.28. The van der Waals surface area contributed by atoms with Crippen molar-refractivity contribution in [1.82, 2.24) is 4.98 Å². The maximum absolute atomic E-state index is 8.61. The monoisotopic (exact) mass is 141 g/mol. The first-order chi connectivity index (χ1) is 4.77. The van der Waals surface area contributed by atoms with Gasteiger partial charge in [0.2, 0.25) is 5.89 Å². The van der Waals surface area contributed by atoms with Gasteiger partial charge in [0.05, 0.1) is 5.69 Å². The van der Waals surface area contributed by atoms with Crippen LogP contribution in [0.5, 0.6) is 0 Å². The van der Waals surface area contributed by atoms with Crippen molar-refractivity contribution >= 4 is 0 Å². The molecule has 1 heterocycles. The van der Waals surface area contributed by atoms with Gasteiger partial charge in [-0.05, 0) is 6.92 Å². The van der Waals surface area contributed by atoms with Crippen molar-refractivity contribution in [2.45, 2.75) is 26.9 Å². The minimum absolute atomic E-state index is 0.110. The van der Waals surface area contributed by atoms with Crippen LogP contribution < -0.4 is 0 Å². The van der Waals surface area contributed by atoms with Gasteiger partial charge in [0.25, 0.3) is 0 Å². The van der Waals surface area contributed by atoms with Gasteiger partial charge in [-0.2, -0.15) is 0 Å². The highest BCUT2D eigenvalue weighted by molar-refractivity contribution is 5.06. The maximum Gasteiger partial charge on any atom is 0.220 e. The molecule has 0 aliphatic rings. The first kappa shape index (κ1) is 7.28. The van der Waals surface area contributed by atoms with E-state index in [1.165, 1.54) is 0 Å². The molecule has 0 spiro atoms. The summed E-state index contributed by atoms with van der Waals surface area (Å²) < 4.78 is 5.15. The lowest BCUT2D eigenvalue weighted by atomic mass is 10.3. The fraction of sp³-hybridized carbons (Fsp3) is 0.571. The molecule has 1 aromatic rings. The molecule has 0 fully saturated rings. The molecule has 0 radical (unpaired) electrons. The van der Waals surface area contributed by atoms with Crippen LogP contribution in [0.25, 0.3) is 0 Å². The van der Waals surface area contributed by atoms with Crippen LogP contribution in [-0.4, -0.2) is 10.1 Å². The normalized spacial score (nSPS) is 10.3. The third-order valence-corrected chi connectivity index (χ3v) is 1.39. The molecular weight excluding hydrogens is 130 g/mol. The topological polar surface area (TPSA) is 46.3 Å². The van der Waals surface area contributed by atoms with Crippen LogP contribution in [0.15, 0.2) is 4.42 Å². The third kappa shape index (κ3) is 1.19. The molecule has 1 N–H and O–H groups in total. The fourth-order valence-electron chi connectivity index (χ4n) is 0.884. The SMILES string of the molecule is CCc1oc(CO)nc1C. The van der Waals surface area contributed by atoms with Crippen LogP contribution in [0.2, 0.25) is 0 Å². The van der Waals surface area contributed by atoms with Gasteiger partial charge < -0.3 is 9.52 Å². The third-order valence-electron chi connectivity index (χ3n) is 1.39. The van der Waals surface area contributed by atoms with E-state index >= 15 is 0 Å². The Bertz CT molecular complexity index is 217. The number of aliphatic hydroxyl groups is 1. The van der Waals surface area contributed by atoms with Gasteiger partial charge in [-0.15, -0.1) is 0 Å². The Morgan fingerprint density at radius 1 is 1.60 bits per heavy atom. The van der Waals surface area contributed by atoms with Crippen molar-refractivity contribution in [3.63, 3.8) is 0 Å². The maximum atomic E-state index is 8.61. The highest BCUT2D eigenvalue weighted by atomic mass is 16.4. The molecule has 10 heavy (non-hydrogen) atoms. The van der Waals surface area contributed by atoms with E-state index in [2.05, 4.69) is 4.98 Å². The Morgan fingerprint density at radius 3 is 2.60 bits per heavy atom. The van der Waals surface area contributed by atoms with E-state index in [1.54, 1.807) is 0 Å². The molecule has 0 aliphatic heterocycles. The molecule has 3 nitrogen and oxygen atoms in total. The summed E-state index contributed by atoms with van der Waals surface area (Å²) in [6, 6.07) is 0. The van der Waals surface area contributed by atoms with E-state index in [0.29, 0.717) is 5.89 Å². The van der Waals surface area contributed by atoms with Crippen molar-refractivity contribution in [3.8, 4) is 0 Å². The lowest BCUT2D eigenvalue weighted by Gasteiger charge is -1.86. The van der Waals surface area contributed by atoms with Gasteiger partial charge in [0, 0.05) is 6.42 Å². The van der Waals surface area contributed by atoms with Gasteiger partial charge in [-0.1, -0.05) is 6.92 Å². The van der Waals surface area contributed by atoms with Gasteiger partial charge in [-0.3, -0.25) is 0 Å². The van der Waals surface area contributed by atoms with Gasteiger partial charge in [-0.25, -0.2) is 4.98 Å². The van der Waals surface area contributed by atoms with Crippen LogP contribution >= 0.6 is 0 Å². The van der Waals surface area contributed by atoms with Crippen LogP contribution in [0, 0.1) is 6.92 Å². The number of rotatable bonds is 2. The van der Waals surface area contributed by atoms with E-state index < -0.39 is 0 Å². The minimum Gasteiger partial charge on any atom is -0.443 e. The standard InChI is InChI=1S/C7H11NO2/c1-3-6-5(2)8-7(4-9)10-6/h9H,3-4H2,1-2H3. The second-order valence-corrected chi connectivity index (χ2v) is 2.13. The zero-order valence-corrected chi connectivity index (χ0v) is 6.22. The average molecular weight is 141 g/mol. The second-order valence-electron chi connectivity index (χ2n) is 2.13. The molecule has 0 aliphatic carbocycles. The van der Waals surface area contributed by atoms with E-state index in [0.717, 1.165) is 17.9 Å². The van der Waals surface area contributed by atoms with E-state index in [4.69, 9.17) is 9.52 Å². The summed E-state index contributed by atoms with van der Waals surface area (Å²) in [5, 5.41) is 8.61. The van der Waals surface area contributed by atoms with Crippen LogP contribution in [0.1, 0.15) is 24.3 Å². The number of hydrogen-bond acceptors (Lipinski definition) is 3. The zero-order valence-electron chi connectivity index (χ0n) is 6.22. The van der Waals surface area contributed by atoms with Crippen LogP contribution in [-0.2, 0) is 13.0 Å². The molecule has 0 atom stereocenters. The number of hydrogen-bond donors (Lipinski definition) is 1. The van der Waals surface area contributed by atoms with Crippen molar-refractivity contribution in [2.24, 2.45) is 0 Å². The summed E-state index contributed by atoms with van der Waals surface area (Å²) in [4.78, 5) is 3.98. The lowest BCUT2D eigenvalue weighted by molar-refractivity contribution is 0.237. The highest BCUT2D eigenvalue weighted by Gasteiger charge is 2.04. The molecule has 0 saturated carbocycles. The van der Waals surface area contributed by atoms with Crippen LogP contribution in [0.4, 0.5) is 0 Å². The zero-order chi connectivity index (χ0) is 7.56. The summed E-state index contributed by atoms with van der Waals surface area (Å²) in [6.07, 6.45) is 0.832. The first-order valence-electron chi connectivity index (χ1n) is 3.34. The molecule has 0 unspecified atom stereocenters. The van der Waals surface area contributed by atoms with Crippen molar-refractivity contribution < 1.29 is 9.52 Å². The molecule has 0 aromatic carbocycles. The molecule has 56 valence electrons. The average Bonchev–Trinajstić information content (AvgIpc) is 2.30. The summed E-state index contributed by atoms with van der Waals surface area (Å²) >= 11 is 0. The Balaban J connectivity index is 2.92. The second kappa shape index (κ2) is 2.84. The predicted molar refractivity (Wildman–Crippen MR) is 36.5 cm³/mol. The molecule has 0 amide bonds. The first-order valence-corrected chi connectivity index (χ1v) is 3.34. The van der Waals surface area contributed by atoms with Gasteiger partial charge in [0.15, 0.2) is 0 Å². The Morgan fingerprint density at radius 2 is 2.30 bits per heavy atom. The number of aliphatic hydroxyl groups excluding tert-OH is 1. The van der Waals surface area contributed by atoms with E-state index in [-0.39, 0.29) is 6.61 Å². The molecule has 3 heteroatoms. The Hall–Kier alpha value is -0.830. The van der Waals surface area contributed by atoms with Gasteiger partial charge >= 0.3 is 0 Å². The summed E-state index contributed by atoms with van der Waals surface area (Å²) in [5.41, 5.74) is 0.881. The lowest BCUT2D eigenvalue weighted by Crippen LogP contribution is -1.80. The summed E-state index contributed by atoms with van der Waals surface area (Å²) in [7, 11) is 0. The smallest absolute Gasteiger partial charge is 0.220 e. The van der Waals surface area contributed by atoms with E-state index in [1.807, 2.05) is 13.8 Å². The molecule has 0 bridgehead atoms. The summed E-state index contributed by atoms with van der Waals surface area (Å²) in [6.45, 7) is 3.76. The van der Waals surface area contributed by atoms with Gasteiger partial charge in [0.1, 0.15) is 12.4 Å². The van der Waals surface area contributed by atoms with Crippen molar-refractivity contribution in [2.75, 3.05) is 0 Å². The number of aromatic nitrogens is 1. The van der Waals surface area contributed by atoms with Crippen molar-refractivity contribution in [1.29, 1.82) is 0 Å². The number of nitrogens with zero attached hydrogens (tertiary/aromatic N) is 1. The number of aryl methyl sites for hydroxylation is 2. The molecular formula is C7H11NO2. The predicted octanol–water partition coefficient (Wildman–Crippen LogP) is 1.04. The largest absolute Gasteiger partial charge is 0.443 e. The van der Waals surface area contributed by atoms with Crippen molar-refractivity contribution in [3.05, 3.63) is 17.3 Å². The highest BCUT2D eigenvalue weighted by Crippen LogP contribution is 2.09. The van der Waals surface area contributed by atoms with Crippen LogP contribution in [0.3, 0.4) is 0 Å². The molecule has 0 saturated heterocycles. The molecule has 1 aromatic heterocycles. The number of oxazole rings is 1. The fourth-order valence-corrected chi connectivity index (χ4v) is 0.884.